The summed E-state index contributed by atoms with van der Waals surface area (Å²) < 4.78 is 1.67. The van der Waals surface area contributed by atoms with Gasteiger partial charge in [0, 0.05) is 36.3 Å². The Labute approximate surface area is 199 Å². The molecule has 0 radical (unpaired) electrons. The van der Waals surface area contributed by atoms with Gasteiger partial charge in [-0.3, -0.25) is 9.59 Å². The number of hydrogen-bond donors (Lipinski definition) is 0. The number of rotatable bonds is 3. The topological polar surface area (TPSA) is 55.2 Å². The van der Waals surface area contributed by atoms with E-state index in [1.165, 1.54) is 11.1 Å². The maximum Gasteiger partial charge on any atom is 0.277 e. The molecular weight excluding hydrogens is 422 g/mol. The molecule has 1 amide bonds. The highest BCUT2D eigenvalue weighted by molar-refractivity contribution is 6.07. The smallest absolute Gasteiger partial charge is 0.277 e. The minimum Gasteiger partial charge on any atom is -0.333 e. The second kappa shape index (κ2) is 8.56. The second-order valence-corrected chi connectivity index (χ2v) is 9.64. The predicted octanol–water partition coefficient (Wildman–Crippen LogP) is 5.28. The Morgan fingerprint density at radius 1 is 0.912 bits per heavy atom. The molecule has 0 N–H and O–H groups in total. The van der Waals surface area contributed by atoms with Crippen molar-refractivity contribution in [3.8, 4) is 11.1 Å². The van der Waals surface area contributed by atoms with E-state index in [9.17, 15) is 9.59 Å². The fourth-order valence-electron chi connectivity index (χ4n) is 5.20. The number of carbonyl (C=O) groups excluding carboxylic acids is 1. The summed E-state index contributed by atoms with van der Waals surface area (Å²) in [5, 5.41) is 0.724. The van der Waals surface area contributed by atoms with Gasteiger partial charge in [0.2, 0.25) is 0 Å². The number of aromatic nitrogens is 2. The zero-order chi connectivity index (χ0) is 24.0. The summed E-state index contributed by atoms with van der Waals surface area (Å²) in [6.45, 7) is 9.72. The third-order valence-corrected chi connectivity index (χ3v) is 6.49. The molecule has 4 aromatic rings. The molecule has 172 valence electrons. The molecule has 0 bridgehead atoms. The molecule has 34 heavy (non-hydrogen) atoms. The van der Waals surface area contributed by atoms with Crippen molar-refractivity contribution in [2.24, 2.45) is 5.92 Å². The largest absolute Gasteiger partial charge is 0.333 e. The van der Waals surface area contributed by atoms with E-state index in [1.54, 1.807) is 4.57 Å². The molecule has 5 nitrogen and oxygen atoms in total. The van der Waals surface area contributed by atoms with Crippen molar-refractivity contribution in [1.82, 2.24) is 14.5 Å². The van der Waals surface area contributed by atoms with Crippen molar-refractivity contribution in [1.29, 1.82) is 0 Å². The molecule has 2 aromatic heterocycles. The summed E-state index contributed by atoms with van der Waals surface area (Å²) >= 11 is 0. The van der Waals surface area contributed by atoms with E-state index < -0.39 is 0 Å². The molecule has 0 fully saturated rings. The normalized spacial score (nSPS) is 15.9. The molecule has 0 spiro atoms. The molecule has 0 aliphatic carbocycles. The molecule has 1 aliphatic rings. The summed E-state index contributed by atoms with van der Waals surface area (Å²) in [4.78, 5) is 34.3. The standard InChI is InChI=1S/C29H29N3O2/c1-18-12-19(2)14-22(13-18)17-31-15-20(3)16-32-27(29(31)34)25(23-8-6-5-7-9-23)24-11-10-21(4)30-26(24)28(32)33/h5-14,20H,15-17H2,1-4H3/t20-/m0/s1. The molecule has 0 unspecified atom stereocenters. The average molecular weight is 452 g/mol. The zero-order valence-corrected chi connectivity index (χ0v) is 20.1. The second-order valence-electron chi connectivity index (χ2n) is 9.64. The summed E-state index contributed by atoms with van der Waals surface area (Å²) in [6, 6.07) is 20.1. The SMILES string of the molecule is Cc1cc(C)cc(CN2C[C@H](C)Cn3c(c(-c4ccccc4)c4ccc(C)nc4c3=O)C2=O)c1. The van der Waals surface area contributed by atoms with Crippen LogP contribution in [0, 0.1) is 26.7 Å². The fraction of sp³-hybridized carbons (Fsp3) is 0.276. The Balaban J connectivity index is 1.76. The lowest BCUT2D eigenvalue weighted by atomic mass is 9.97. The number of nitrogens with zero attached hydrogens (tertiary/aromatic N) is 3. The minimum atomic E-state index is -0.193. The molecule has 3 heterocycles. The van der Waals surface area contributed by atoms with Gasteiger partial charge >= 0.3 is 0 Å². The number of amides is 1. The Morgan fingerprint density at radius 2 is 1.62 bits per heavy atom. The molecular formula is C29H29N3O2. The molecule has 5 rings (SSSR count). The monoisotopic (exact) mass is 451 g/mol. The summed E-state index contributed by atoms with van der Waals surface area (Å²) in [5.74, 6) is 0.0154. The maximum absolute atomic E-state index is 14.2. The van der Waals surface area contributed by atoms with Gasteiger partial charge in [0.05, 0.1) is 0 Å². The highest BCUT2D eigenvalue weighted by Crippen LogP contribution is 2.33. The van der Waals surface area contributed by atoms with E-state index in [-0.39, 0.29) is 17.4 Å². The highest BCUT2D eigenvalue weighted by Gasteiger charge is 2.32. The molecule has 0 saturated heterocycles. The van der Waals surface area contributed by atoms with E-state index in [0.717, 1.165) is 27.8 Å². The van der Waals surface area contributed by atoms with Crippen molar-refractivity contribution < 1.29 is 4.79 Å². The Bertz CT molecular complexity index is 1450. The van der Waals surface area contributed by atoms with Gasteiger partial charge < -0.3 is 9.47 Å². The van der Waals surface area contributed by atoms with Crippen LogP contribution >= 0.6 is 0 Å². The van der Waals surface area contributed by atoms with Crippen LogP contribution in [-0.4, -0.2) is 26.9 Å². The van der Waals surface area contributed by atoms with Crippen LogP contribution in [0.3, 0.4) is 0 Å². The van der Waals surface area contributed by atoms with Crippen LogP contribution < -0.4 is 5.56 Å². The quantitative estimate of drug-likeness (QED) is 0.426. The van der Waals surface area contributed by atoms with Crippen LogP contribution in [0.4, 0.5) is 0 Å². The Kier molecular flexibility index (Phi) is 5.56. The first kappa shape index (κ1) is 22.1. The lowest BCUT2D eigenvalue weighted by molar-refractivity contribution is 0.0729. The van der Waals surface area contributed by atoms with Crippen LogP contribution in [0.5, 0.6) is 0 Å². The number of pyridine rings is 2. The molecule has 0 saturated carbocycles. The molecule has 2 aromatic carbocycles. The molecule has 5 heteroatoms. The summed E-state index contributed by atoms with van der Waals surface area (Å²) in [7, 11) is 0. The number of fused-ring (bicyclic) bond motifs is 2. The van der Waals surface area contributed by atoms with E-state index in [1.807, 2.05) is 54.3 Å². The fourth-order valence-corrected chi connectivity index (χ4v) is 5.20. The Morgan fingerprint density at radius 3 is 2.32 bits per heavy atom. The minimum absolute atomic E-state index is 0.109. The molecule has 1 atom stereocenters. The van der Waals surface area contributed by atoms with Gasteiger partial charge in [-0.1, -0.05) is 72.6 Å². The van der Waals surface area contributed by atoms with Gasteiger partial charge in [-0.25, -0.2) is 4.98 Å². The summed E-state index contributed by atoms with van der Waals surface area (Å²) in [5.41, 5.74) is 6.64. The predicted molar refractivity (Wildman–Crippen MR) is 136 cm³/mol. The summed E-state index contributed by atoms with van der Waals surface area (Å²) in [6.07, 6.45) is 0. The van der Waals surface area contributed by atoms with Crippen LogP contribution in [0.2, 0.25) is 0 Å². The van der Waals surface area contributed by atoms with Crippen molar-refractivity contribution >= 4 is 16.8 Å². The van der Waals surface area contributed by atoms with E-state index in [4.69, 9.17) is 0 Å². The van der Waals surface area contributed by atoms with E-state index >= 15 is 0 Å². The van der Waals surface area contributed by atoms with Crippen LogP contribution in [0.15, 0.2) is 65.5 Å². The van der Waals surface area contributed by atoms with Crippen molar-refractivity contribution in [2.45, 2.75) is 40.8 Å². The van der Waals surface area contributed by atoms with E-state index in [0.29, 0.717) is 30.8 Å². The van der Waals surface area contributed by atoms with Crippen molar-refractivity contribution in [3.63, 3.8) is 0 Å². The van der Waals surface area contributed by atoms with Gasteiger partial charge in [0.25, 0.3) is 11.5 Å². The number of carbonyl (C=O) groups is 1. The highest BCUT2D eigenvalue weighted by atomic mass is 16.2. The maximum atomic E-state index is 14.2. The lowest BCUT2D eigenvalue weighted by Gasteiger charge is -2.24. The third-order valence-electron chi connectivity index (χ3n) is 6.49. The number of benzene rings is 2. The first-order chi connectivity index (χ1) is 16.3. The van der Waals surface area contributed by atoms with Gasteiger partial charge in [0.15, 0.2) is 0 Å². The molecule has 1 aliphatic heterocycles. The van der Waals surface area contributed by atoms with Crippen LogP contribution in [0.1, 0.15) is 39.8 Å². The van der Waals surface area contributed by atoms with Gasteiger partial charge in [0.1, 0.15) is 11.2 Å². The first-order valence-electron chi connectivity index (χ1n) is 11.8. The first-order valence-corrected chi connectivity index (χ1v) is 11.8. The van der Waals surface area contributed by atoms with Crippen molar-refractivity contribution in [2.75, 3.05) is 6.54 Å². The van der Waals surface area contributed by atoms with Gasteiger partial charge in [-0.05, 0) is 43.9 Å². The number of aryl methyl sites for hydroxylation is 3. The Hall–Kier alpha value is -3.73. The van der Waals surface area contributed by atoms with E-state index in [2.05, 4.69) is 44.0 Å². The zero-order valence-electron chi connectivity index (χ0n) is 20.1. The number of hydrogen-bond acceptors (Lipinski definition) is 3. The van der Waals surface area contributed by atoms with Crippen molar-refractivity contribution in [3.05, 3.63) is 99.1 Å². The van der Waals surface area contributed by atoms with Crippen LogP contribution in [-0.2, 0) is 13.1 Å². The average Bonchev–Trinajstić information content (AvgIpc) is 2.91. The van der Waals surface area contributed by atoms with Gasteiger partial charge in [-0.15, -0.1) is 0 Å². The van der Waals surface area contributed by atoms with Crippen LogP contribution in [0.25, 0.3) is 22.0 Å². The van der Waals surface area contributed by atoms with Gasteiger partial charge in [-0.2, -0.15) is 0 Å². The third kappa shape index (κ3) is 3.92. The lowest BCUT2D eigenvalue weighted by Crippen LogP contribution is -2.34.